The largest absolute Gasteiger partial charge is 0.342 e. The van der Waals surface area contributed by atoms with E-state index in [9.17, 15) is 18.4 Å². The number of hydrogen-bond donors (Lipinski definition) is 1. The fraction of sp³-hybridized carbons (Fsp3) is 0.429. The van der Waals surface area contributed by atoms with E-state index in [1.54, 1.807) is 0 Å². The Balaban J connectivity index is 2.49. The minimum Gasteiger partial charge on any atom is -0.342 e. The van der Waals surface area contributed by atoms with Crippen LogP contribution in [0.25, 0.3) is 0 Å². The molecule has 0 spiro atoms. The number of anilines is 1. The van der Waals surface area contributed by atoms with Gasteiger partial charge in [-0.05, 0) is 19.4 Å². The maximum absolute atomic E-state index is 14.0. The first kappa shape index (κ1) is 15.7. The molecule has 1 saturated heterocycles. The quantitative estimate of drug-likeness (QED) is 0.932. The third-order valence-electron chi connectivity index (χ3n) is 3.42. The number of piperazine rings is 1. The average Bonchev–Trinajstić information content (AvgIpc) is 2.39. The molecule has 1 fully saturated rings. The summed E-state index contributed by atoms with van der Waals surface area (Å²) in [5.74, 6) is -2.65. The molecule has 4 nitrogen and oxygen atoms in total. The molecule has 2 unspecified atom stereocenters. The molecule has 0 aromatic heterocycles. The summed E-state index contributed by atoms with van der Waals surface area (Å²) in [4.78, 5) is 25.4. The molecule has 1 aromatic rings. The van der Waals surface area contributed by atoms with E-state index in [1.165, 1.54) is 6.92 Å². The van der Waals surface area contributed by atoms with Crippen molar-refractivity contribution in [1.82, 2.24) is 5.32 Å². The standard InChI is InChI=1S/C14H15ClF2N2O2/c1-3-4-11-14(21)19(7(2)13(20)18-11)12-9(15)5-8(16)6-10(12)17/h5-7,11H,3-4H2,1-2H3,(H,18,20). The number of benzene rings is 1. The zero-order valence-corrected chi connectivity index (χ0v) is 12.4. The molecule has 1 heterocycles. The van der Waals surface area contributed by atoms with Crippen molar-refractivity contribution in [3.63, 3.8) is 0 Å². The lowest BCUT2D eigenvalue weighted by Gasteiger charge is -2.37. The SMILES string of the molecule is CCCC1NC(=O)C(C)N(c2c(F)cc(F)cc2Cl)C1=O. The third kappa shape index (κ3) is 2.85. The topological polar surface area (TPSA) is 49.4 Å². The predicted octanol–water partition coefficient (Wildman–Crippen LogP) is 2.64. The van der Waals surface area contributed by atoms with Gasteiger partial charge in [0.05, 0.1) is 10.7 Å². The normalized spacial score (nSPS) is 22.4. The zero-order valence-electron chi connectivity index (χ0n) is 11.6. The third-order valence-corrected chi connectivity index (χ3v) is 3.71. The Morgan fingerprint density at radius 3 is 2.57 bits per heavy atom. The van der Waals surface area contributed by atoms with E-state index in [4.69, 9.17) is 11.6 Å². The Kier molecular flexibility index (Phi) is 4.46. The van der Waals surface area contributed by atoms with Crippen LogP contribution in [0.15, 0.2) is 12.1 Å². The lowest BCUT2D eigenvalue weighted by Crippen LogP contribution is -2.62. The summed E-state index contributed by atoms with van der Waals surface area (Å²) >= 11 is 5.87. The Hall–Kier alpha value is -1.69. The highest BCUT2D eigenvalue weighted by Crippen LogP contribution is 2.33. The molecular weight excluding hydrogens is 302 g/mol. The molecule has 2 atom stereocenters. The van der Waals surface area contributed by atoms with Crippen molar-refractivity contribution < 1.29 is 18.4 Å². The summed E-state index contributed by atoms with van der Waals surface area (Å²) in [5.41, 5.74) is -0.258. The molecule has 1 aliphatic heterocycles. The van der Waals surface area contributed by atoms with E-state index in [1.807, 2.05) is 6.92 Å². The van der Waals surface area contributed by atoms with Crippen molar-refractivity contribution in [2.45, 2.75) is 38.8 Å². The highest BCUT2D eigenvalue weighted by atomic mass is 35.5. The number of rotatable bonds is 3. The van der Waals surface area contributed by atoms with Gasteiger partial charge >= 0.3 is 0 Å². The molecule has 114 valence electrons. The summed E-state index contributed by atoms with van der Waals surface area (Å²) in [5, 5.41) is 2.36. The van der Waals surface area contributed by atoms with E-state index in [0.717, 1.165) is 11.0 Å². The molecule has 1 aliphatic rings. The van der Waals surface area contributed by atoms with Gasteiger partial charge in [-0.2, -0.15) is 0 Å². The van der Waals surface area contributed by atoms with Crippen LogP contribution < -0.4 is 10.2 Å². The van der Waals surface area contributed by atoms with Crippen molar-refractivity contribution in [3.05, 3.63) is 28.8 Å². The van der Waals surface area contributed by atoms with Gasteiger partial charge in [-0.3, -0.25) is 14.5 Å². The van der Waals surface area contributed by atoms with Crippen LogP contribution in [-0.2, 0) is 9.59 Å². The van der Waals surface area contributed by atoms with Gasteiger partial charge in [0.2, 0.25) is 11.8 Å². The summed E-state index contributed by atoms with van der Waals surface area (Å²) in [6, 6.07) is -0.0774. The minimum absolute atomic E-state index is 0.238. The van der Waals surface area contributed by atoms with Gasteiger partial charge in [-0.15, -0.1) is 0 Å². The minimum atomic E-state index is -0.967. The van der Waals surface area contributed by atoms with Crippen molar-refractivity contribution in [2.75, 3.05) is 4.90 Å². The van der Waals surface area contributed by atoms with Crippen molar-refractivity contribution in [2.24, 2.45) is 0 Å². The molecular formula is C14H15ClF2N2O2. The Morgan fingerprint density at radius 2 is 2.00 bits per heavy atom. The molecule has 1 aromatic carbocycles. The van der Waals surface area contributed by atoms with Crippen molar-refractivity contribution in [1.29, 1.82) is 0 Å². The van der Waals surface area contributed by atoms with Gasteiger partial charge in [0.1, 0.15) is 17.9 Å². The Bertz CT molecular complexity index is 571. The molecule has 21 heavy (non-hydrogen) atoms. The first-order valence-electron chi connectivity index (χ1n) is 6.64. The molecule has 0 radical (unpaired) electrons. The fourth-order valence-electron chi connectivity index (χ4n) is 2.38. The van der Waals surface area contributed by atoms with Crippen molar-refractivity contribution in [3.8, 4) is 0 Å². The highest BCUT2D eigenvalue weighted by molar-refractivity contribution is 6.34. The first-order valence-corrected chi connectivity index (χ1v) is 7.02. The number of nitrogens with zero attached hydrogens (tertiary/aromatic N) is 1. The molecule has 0 saturated carbocycles. The lowest BCUT2D eigenvalue weighted by atomic mass is 10.0. The number of carbonyl (C=O) groups excluding carboxylic acids is 2. The van der Waals surface area contributed by atoms with E-state index in [-0.39, 0.29) is 10.7 Å². The fourth-order valence-corrected chi connectivity index (χ4v) is 2.67. The summed E-state index contributed by atoms with van der Waals surface area (Å²) < 4.78 is 27.2. The zero-order chi connectivity index (χ0) is 15.7. The number of carbonyl (C=O) groups is 2. The van der Waals surface area contributed by atoms with Crippen LogP contribution in [-0.4, -0.2) is 23.9 Å². The van der Waals surface area contributed by atoms with Gasteiger partial charge in [0.25, 0.3) is 0 Å². The molecule has 2 amide bonds. The van der Waals surface area contributed by atoms with Gasteiger partial charge in [-0.1, -0.05) is 24.9 Å². The second-order valence-corrected chi connectivity index (χ2v) is 5.36. The molecule has 2 rings (SSSR count). The predicted molar refractivity (Wildman–Crippen MR) is 75.2 cm³/mol. The molecule has 0 aliphatic carbocycles. The molecule has 7 heteroatoms. The number of hydrogen-bond acceptors (Lipinski definition) is 2. The van der Waals surface area contributed by atoms with Crippen LogP contribution in [0, 0.1) is 11.6 Å². The van der Waals surface area contributed by atoms with Crippen LogP contribution in [0.4, 0.5) is 14.5 Å². The number of amides is 2. The highest BCUT2D eigenvalue weighted by Gasteiger charge is 2.40. The van der Waals surface area contributed by atoms with Gasteiger partial charge < -0.3 is 5.32 Å². The van der Waals surface area contributed by atoms with E-state index < -0.39 is 35.5 Å². The monoisotopic (exact) mass is 316 g/mol. The van der Waals surface area contributed by atoms with Crippen LogP contribution >= 0.6 is 11.6 Å². The van der Waals surface area contributed by atoms with E-state index in [2.05, 4.69) is 5.32 Å². The van der Waals surface area contributed by atoms with Crippen LogP contribution in [0.2, 0.25) is 5.02 Å². The summed E-state index contributed by atoms with van der Waals surface area (Å²) in [6.45, 7) is 3.34. The Morgan fingerprint density at radius 1 is 1.33 bits per heavy atom. The van der Waals surface area contributed by atoms with E-state index >= 15 is 0 Å². The number of nitrogens with one attached hydrogen (secondary N) is 1. The van der Waals surface area contributed by atoms with Gasteiger partial charge in [-0.25, -0.2) is 8.78 Å². The van der Waals surface area contributed by atoms with Crippen LogP contribution in [0.1, 0.15) is 26.7 Å². The van der Waals surface area contributed by atoms with Gasteiger partial charge in [0, 0.05) is 6.07 Å². The maximum atomic E-state index is 14.0. The smallest absolute Gasteiger partial charge is 0.250 e. The summed E-state index contributed by atoms with van der Waals surface area (Å²) in [7, 11) is 0. The molecule has 0 bridgehead atoms. The maximum Gasteiger partial charge on any atom is 0.250 e. The van der Waals surface area contributed by atoms with Gasteiger partial charge in [0.15, 0.2) is 5.82 Å². The van der Waals surface area contributed by atoms with Crippen LogP contribution in [0.5, 0.6) is 0 Å². The van der Waals surface area contributed by atoms with Crippen molar-refractivity contribution >= 4 is 29.1 Å². The first-order chi connectivity index (χ1) is 9.86. The van der Waals surface area contributed by atoms with E-state index in [0.29, 0.717) is 18.9 Å². The average molecular weight is 317 g/mol. The van der Waals surface area contributed by atoms with Crippen LogP contribution in [0.3, 0.4) is 0 Å². The number of halogens is 3. The summed E-state index contributed by atoms with van der Waals surface area (Å²) in [6.07, 6.45) is 1.12. The molecule has 1 N–H and O–H groups in total. The lowest BCUT2D eigenvalue weighted by molar-refractivity contribution is -0.133. The second-order valence-electron chi connectivity index (χ2n) is 4.95. The Labute approximate surface area is 126 Å². The second kappa shape index (κ2) is 5.97.